The maximum absolute atomic E-state index is 13.0. The highest BCUT2D eigenvalue weighted by Crippen LogP contribution is 2.32. The summed E-state index contributed by atoms with van der Waals surface area (Å²) >= 11 is 0. The summed E-state index contributed by atoms with van der Waals surface area (Å²) in [5.74, 6) is 0.0631. The summed E-state index contributed by atoms with van der Waals surface area (Å²) in [7, 11) is 3.22. The van der Waals surface area contributed by atoms with Crippen molar-refractivity contribution in [3.05, 3.63) is 48.2 Å². The van der Waals surface area contributed by atoms with E-state index in [9.17, 15) is 18.0 Å². The SMILES string of the molecule is CN(C)C(=O)Cn1c(-c2cccc(C(F)(F)F)c2)nc2cccnc21. The molecule has 0 saturated carbocycles. The maximum atomic E-state index is 13.0. The largest absolute Gasteiger partial charge is 0.416 e. The van der Waals surface area contributed by atoms with Gasteiger partial charge in [0.05, 0.1) is 5.56 Å². The maximum Gasteiger partial charge on any atom is 0.416 e. The van der Waals surface area contributed by atoms with Crippen LogP contribution in [0.3, 0.4) is 0 Å². The number of hydrogen-bond donors (Lipinski definition) is 0. The molecule has 0 unspecified atom stereocenters. The summed E-state index contributed by atoms with van der Waals surface area (Å²) in [5.41, 5.74) is 0.474. The third-order valence-corrected chi connectivity index (χ3v) is 3.74. The van der Waals surface area contributed by atoms with Crippen LogP contribution in [0.15, 0.2) is 42.6 Å². The van der Waals surface area contributed by atoms with Crippen molar-refractivity contribution in [2.45, 2.75) is 12.7 Å². The van der Waals surface area contributed by atoms with Gasteiger partial charge in [-0.05, 0) is 24.3 Å². The Morgan fingerprint density at radius 1 is 1.20 bits per heavy atom. The average Bonchev–Trinajstić information content (AvgIpc) is 2.93. The lowest BCUT2D eigenvalue weighted by atomic mass is 10.1. The number of carbonyl (C=O) groups excluding carboxylic acids is 1. The molecule has 0 aliphatic carbocycles. The molecule has 25 heavy (non-hydrogen) atoms. The van der Waals surface area contributed by atoms with Crippen molar-refractivity contribution in [2.24, 2.45) is 0 Å². The molecule has 0 spiro atoms. The summed E-state index contributed by atoms with van der Waals surface area (Å²) in [6.07, 6.45) is -2.90. The Bertz CT molecular complexity index is 931. The van der Waals surface area contributed by atoms with Gasteiger partial charge in [0.25, 0.3) is 0 Å². The van der Waals surface area contributed by atoms with Gasteiger partial charge in [-0.25, -0.2) is 9.97 Å². The molecule has 3 rings (SSSR count). The number of pyridine rings is 1. The molecule has 5 nitrogen and oxygen atoms in total. The summed E-state index contributed by atoms with van der Waals surface area (Å²) in [6.45, 7) is -0.0634. The van der Waals surface area contributed by atoms with Crippen LogP contribution in [0.2, 0.25) is 0 Å². The highest BCUT2D eigenvalue weighted by Gasteiger charge is 2.31. The van der Waals surface area contributed by atoms with Crippen LogP contribution >= 0.6 is 0 Å². The number of halogens is 3. The van der Waals surface area contributed by atoms with Crippen LogP contribution in [0.25, 0.3) is 22.6 Å². The minimum absolute atomic E-state index is 0.0634. The third-order valence-electron chi connectivity index (χ3n) is 3.74. The van der Waals surface area contributed by atoms with Crippen LogP contribution in [-0.4, -0.2) is 39.4 Å². The van der Waals surface area contributed by atoms with E-state index in [1.165, 1.54) is 21.6 Å². The number of alkyl halides is 3. The number of likely N-dealkylation sites (N-methyl/N-ethyl adjacent to an activating group) is 1. The Morgan fingerprint density at radius 2 is 1.96 bits per heavy atom. The molecule has 0 aliphatic rings. The first kappa shape index (κ1) is 16.9. The fourth-order valence-electron chi connectivity index (χ4n) is 2.44. The molecule has 1 amide bonds. The molecule has 130 valence electrons. The first-order valence-electron chi connectivity index (χ1n) is 7.46. The van der Waals surface area contributed by atoms with E-state index in [0.717, 1.165) is 12.1 Å². The van der Waals surface area contributed by atoms with E-state index in [4.69, 9.17) is 0 Å². The van der Waals surface area contributed by atoms with Gasteiger partial charge in [-0.15, -0.1) is 0 Å². The molecule has 0 atom stereocenters. The lowest BCUT2D eigenvalue weighted by Crippen LogP contribution is -2.26. The molecule has 0 N–H and O–H groups in total. The van der Waals surface area contributed by atoms with Gasteiger partial charge in [0.15, 0.2) is 5.65 Å². The third kappa shape index (κ3) is 3.33. The van der Waals surface area contributed by atoms with Crippen LogP contribution in [0.1, 0.15) is 5.56 Å². The number of fused-ring (bicyclic) bond motifs is 1. The van der Waals surface area contributed by atoms with Crippen molar-refractivity contribution >= 4 is 17.1 Å². The number of aromatic nitrogens is 3. The Hall–Kier alpha value is -2.90. The summed E-state index contributed by atoms with van der Waals surface area (Å²) in [6, 6.07) is 8.27. The number of imidazole rings is 1. The van der Waals surface area contributed by atoms with Crippen molar-refractivity contribution in [1.29, 1.82) is 0 Å². The van der Waals surface area contributed by atoms with Crippen molar-refractivity contribution in [1.82, 2.24) is 19.4 Å². The summed E-state index contributed by atoms with van der Waals surface area (Å²) in [5, 5.41) is 0. The van der Waals surface area contributed by atoms with E-state index in [-0.39, 0.29) is 23.8 Å². The van der Waals surface area contributed by atoms with Gasteiger partial charge in [-0.3, -0.25) is 9.36 Å². The van der Waals surface area contributed by atoms with E-state index in [2.05, 4.69) is 9.97 Å². The first-order chi connectivity index (χ1) is 11.8. The van der Waals surface area contributed by atoms with Crippen molar-refractivity contribution in [3.63, 3.8) is 0 Å². The molecule has 8 heteroatoms. The lowest BCUT2D eigenvalue weighted by Gasteiger charge is -2.14. The molecule has 0 bridgehead atoms. The lowest BCUT2D eigenvalue weighted by molar-refractivity contribution is -0.137. The van der Waals surface area contributed by atoms with E-state index in [0.29, 0.717) is 11.2 Å². The molecule has 0 radical (unpaired) electrons. The topological polar surface area (TPSA) is 51.0 Å². The summed E-state index contributed by atoms with van der Waals surface area (Å²) < 4.78 is 40.5. The molecular weight excluding hydrogens is 333 g/mol. The monoisotopic (exact) mass is 348 g/mol. The van der Waals surface area contributed by atoms with Crippen LogP contribution in [-0.2, 0) is 17.5 Å². The van der Waals surface area contributed by atoms with E-state index in [1.54, 1.807) is 32.4 Å². The van der Waals surface area contributed by atoms with Crippen LogP contribution < -0.4 is 0 Å². The average molecular weight is 348 g/mol. The van der Waals surface area contributed by atoms with Crippen LogP contribution in [0.4, 0.5) is 13.2 Å². The molecule has 1 aromatic carbocycles. The molecule has 2 aromatic heterocycles. The fraction of sp³-hybridized carbons (Fsp3) is 0.235. The first-order valence-corrected chi connectivity index (χ1v) is 7.46. The fourth-order valence-corrected chi connectivity index (χ4v) is 2.44. The van der Waals surface area contributed by atoms with Gasteiger partial charge in [0, 0.05) is 25.9 Å². The second-order valence-electron chi connectivity index (χ2n) is 5.73. The van der Waals surface area contributed by atoms with Crippen LogP contribution in [0, 0.1) is 0 Å². The van der Waals surface area contributed by atoms with E-state index < -0.39 is 11.7 Å². The minimum atomic E-state index is -4.45. The van der Waals surface area contributed by atoms with E-state index >= 15 is 0 Å². The molecule has 0 saturated heterocycles. The molecule has 3 aromatic rings. The van der Waals surface area contributed by atoms with Gasteiger partial charge in [0.1, 0.15) is 17.9 Å². The number of nitrogens with zero attached hydrogens (tertiary/aromatic N) is 4. The number of amides is 1. The zero-order chi connectivity index (χ0) is 18.2. The smallest absolute Gasteiger partial charge is 0.347 e. The Kier molecular flexibility index (Phi) is 4.20. The van der Waals surface area contributed by atoms with E-state index in [1.807, 2.05) is 0 Å². The summed E-state index contributed by atoms with van der Waals surface area (Å²) in [4.78, 5) is 22.1. The highest BCUT2D eigenvalue weighted by atomic mass is 19.4. The normalized spacial score (nSPS) is 11.7. The number of rotatable bonds is 3. The Morgan fingerprint density at radius 3 is 2.64 bits per heavy atom. The van der Waals surface area contributed by atoms with Crippen LogP contribution in [0.5, 0.6) is 0 Å². The zero-order valence-corrected chi connectivity index (χ0v) is 13.6. The predicted molar refractivity (Wildman–Crippen MR) is 86.7 cm³/mol. The standard InChI is InChI=1S/C17H15F3N4O/c1-23(2)14(25)10-24-15(22-13-7-4-8-21-16(13)24)11-5-3-6-12(9-11)17(18,19)20/h3-9H,10H2,1-2H3. The number of hydrogen-bond acceptors (Lipinski definition) is 3. The van der Waals surface area contributed by atoms with Gasteiger partial charge < -0.3 is 4.90 Å². The second-order valence-corrected chi connectivity index (χ2v) is 5.73. The Balaban J connectivity index is 2.17. The van der Waals surface area contributed by atoms with Gasteiger partial charge in [-0.2, -0.15) is 13.2 Å². The van der Waals surface area contributed by atoms with Gasteiger partial charge in [-0.1, -0.05) is 12.1 Å². The minimum Gasteiger partial charge on any atom is -0.347 e. The molecular formula is C17H15F3N4O. The second kappa shape index (κ2) is 6.19. The van der Waals surface area contributed by atoms with Crippen molar-refractivity contribution in [3.8, 4) is 11.4 Å². The van der Waals surface area contributed by atoms with Gasteiger partial charge in [0.2, 0.25) is 5.91 Å². The van der Waals surface area contributed by atoms with Crippen molar-refractivity contribution < 1.29 is 18.0 Å². The molecule has 2 heterocycles. The molecule has 0 fully saturated rings. The molecule has 0 aliphatic heterocycles. The quantitative estimate of drug-likeness (QED) is 0.730. The van der Waals surface area contributed by atoms with Crippen molar-refractivity contribution in [2.75, 3.05) is 14.1 Å². The predicted octanol–water partition coefficient (Wildman–Crippen LogP) is 3.21. The zero-order valence-electron chi connectivity index (χ0n) is 13.6. The van der Waals surface area contributed by atoms with Gasteiger partial charge >= 0.3 is 6.18 Å². The Labute approximate surface area is 141 Å². The highest BCUT2D eigenvalue weighted by molar-refractivity contribution is 5.82. The number of benzene rings is 1. The number of carbonyl (C=O) groups is 1.